The van der Waals surface area contributed by atoms with Crippen LogP contribution < -0.4 is 21.9 Å². The standard InChI is InChI=1S/C21H22F3N5O2/c1-11(2)19-15-8-12(21(22,23)24)4-6-14(15)20(31)29(28-19)10-18(30)27-13-5-7-17(26-3)16(25)9-13/h4-9,11,26H,10,25H2,1-3H3,(H,27,30). The molecule has 4 N–H and O–H groups in total. The number of fused-ring (bicyclic) bond motifs is 1. The third kappa shape index (κ3) is 4.62. The quantitative estimate of drug-likeness (QED) is 0.531. The Morgan fingerprint density at radius 3 is 2.45 bits per heavy atom. The molecule has 0 fully saturated rings. The van der Waals surface area contributed by atoms with Crippen molar-refractivity contribution in [2.24, 2.45) is 0 Å². The van der Waals surface area contributed by atoms with Gasteiger partial charge < -0.3 is 16.4 Å². The fourth-order valence-corrected chi connectivity index (χ4v) is 3.23. The molecule has 164 valence electrons. The fraction of sp³-hybridized carbons (Fsp3) is 0.286. The van der Waals surface area contributed by atoms with Crippen LogP contribution in [-0.2, 0) is 17.5 Å². The predicted molar refractivity (Wildman–Crippen MR) is 114 cm³/mol. The maximum atomic E-state index is 13.1. The number of alkyl halides is 3. The molecule has 1 heterocycles. The van der Waals surface area contributed by atoms with Gasteiger partial charge in [0.15, 0.2) is 0 Å². The summed E-state index contributed by atoms with van der Waals surface area (Å²) in [5.41, 5.74) is 6.25. The number of carbonyl (C=O) groups excluding carboxylic acids is 1. The van der Waals surface area contributed by atoms with Gasteiger partial charge in [0.2, 0.25) is 5.91 Å². The topological polar surface area (TPSA) is 102 Å². The molecule has 31 heavy (non-hydrogen) atoms. The van der Waals surface area contributed by atoms with Gasteiger partial charge in [-0.3, -0.25) is 9.59 Å². The van der Waals surface area contributed by atoms with Crippen molar-refractivity contribution in [3.63, 3.8) is 0 Å². The van der Waals surface area contributed by atoms with Crippen molar-refractivity contribution in [2.75, 3.05) is 23.4 Å². The monoisotopic (exact) mass is 433 g/mol. The molecule has 0 bridgehead atoms. The van der Waals surface area contributed by atoms with Gasteiger partial charge in [0.25, 0.3) is 5.56 Å². The summed E-state index contributed by atoms with van der Waals surface area (Å²) in [7, 11) is 1.71. The number of anilines is 3. The molecule has 1 amide bonds. The highest BCUT2D eigenvalue weighted by atomic mass is 19.4. The average molecular weight is 433 g/mol. The lowest BCUT2D eigenvalue weighted by Crippen LogP contribution is -2.31. The number of rotatable bonds is 5. The van der Waals surface area contributed by atoms with Crippen molar-refractivity contribution >= 4 is 33.7 Å². The van der Waals surface area contributed by atoms with E-state index < -0.39 is 29.8 Å². The maximum absolute atomic E-state index is 13.1. The largest absolute Gasteiger partial charge is 0.416 e. The van der Waals surface area contributed by atoms with Crippen LogP contribution in [0.15, 0.2) is 41.2 Å². The number of hydrogen-bond acceptors (Lipinski definition) is 5. The Hall–Kier alpha value is -3.56. The molecule has 0 saturated heterocycles. The zero-order valence-electron chi connectivity index (χ0n) is 17.2. The minimum Gasteiger partial charge on any atom is -0.397 e. The number of nitrogens with two attached hydrogens (primary N) is 1. The summed E-state index contributed by atoms with van der Waals surface area (Å²) < 4.78 is 40.3. The summed E-state index contributed by atoms with van der Waals surface area (Å²) in [4.78, 5) is 25.3. The van der Waals surface area contributed by atoms with Crippen LogP contribution >= 0.6 is 0 Å². The van der Waals surface area contributed by atoms with E-state index in [1.54, 1.807) is 39.1 Å². The van der Waals surface area contributed by atoms with Gasteiger partial charge in [-0.05, 0) is 42.3 Å². The van der Waals surface area contributed by atoms with E-state index in [1.807, 2.05) is 0 Å². The molecule has 0 aliphatic rings. The highest BCUT2D eigenvalue weighted by molar-refractivity contribution is 5.92. The van der Waals surface area contributed by atoms with Gasteiger partial charge in [0.1, 0.15) is 6.54 Å². The Morgan fingerprint density at radius 1 is 1.16 bits per heavy atom. The lowest BCUT2D eigenvalue weighted by atomic mass is 10.0. The number of carbonyl (C=O) groups is 1. The molecule has 0 radical (unpaired) electrons. The predicted octanol–water partition coefficient (Wildman–Crippen LogP) is 3.80. The van der Waals surface area contributed by atoms with Crippen molar-refractivity contribution < 1.29 is 18.0 Å². The highest BCUT2D eigenvalue weighted by Crippen LogP contribution is 2.32. The Labute approximate surface area is 176 Å². The first-order chi connectivity index (χ1) is 14.5. The van der Waals surface area contributed by atoms with Crippen molar-refractivity contribution in [3.8, 4) is 0 Å². The van der Waals surface area contributed by atoms with Gasteiger partial charge in [0.05, 0.1) is 28.0 Å². The van der Waals surface area contributed by atoms with Gasteiger partial charge in [-0.2, -0.15) is 18.3 Å². The Balaban J connectivity index is 1.97. The van der Waals surface area contributed by atoms with Gasteiger partial charge in [0, 0.05) is 18.1 Å². The molecular weight excluding hydrogens is 411 g/mol. The summed E-state index contributed by atoms with van der Waals surface area (Å²) in [5.74, 6) is -0.790. The number of benzene rings is 2. The van der Waals surface area contributed by atoms with Crippen LogP contribution in [0.4, 0.5) is 30.2 Å². The molecule has 3 rings (SSSR count). The van der Waals surface area contributed by atoms with Crippen molar-refractivity contribution in [2.45, 2.75) is 32.5 Å². The summed E-state index contributed by atoms with van der Waals surface area (Å²) in [6.45, 7) is 3.11. The van der Waals surface area contributed by atoms with Crippen LogP contribution in [0.5, 0.6) is 0 Å². The maximum Gasteiger partial charge on any atom is 0.416 e. The first kappa shape index (κ1) is 22.1. The molecule has 0 atom stereocenters. The van der Waals surface area contributed by atoms with Gasteiger partial charge in [-0.1, -0.05) is 13.8 Å². The normalized spacial score (nSPS) is 11.7. The summed E-state index contributed by atoms with van der Waals surface area (Å²) >= 11 is 0. The number of nitrogens with one attached hydrogen (secondary N) is 2. The number of halogens is 3. The molecular formula is C21H22F3N5O2. The highest BCUT2D eigenvalue weighted by Gasteiger charge is 2.31. The summed E-state index contributed by atoms with van der Waals surface area (Å²) in [6, 6.07) is 7.81. The number of nitrogen functional groups attached to an aromatic ring is 1. The number of amides is 1. The molecule has 10 heteroatoms. The van der Waals surface area contributed by atoms with E-state index in [0.29, 0.717) is 22.8 Å². The lowest BCUT2D eigenvalue weighted by Gasteiger charge is -2.15. The van der Waals surface area contributed by atoms with E-state index in [-0.39, 0.29) is 16.7 Å². The molecule has 7 nitrogen and oxygen atoms in total. The number of hydrogen-bond donors (Lipinski definition) is 3. The Morgan fingerprint density at radius 2 is 1.87 bits per heavy atom. The minimum atomic E-state index is -4.54. The van der Waals surface area contributed by atoms with Gasteiger partial charge >= 0.3 is 6.18 Å². The Bertz CT molecular complexity index is 1200. The van der Waals surface area contributed by atoms with E-state index in [9.17, 15) is 22.8 Å². The molecule has 1 aromatic heterocycles. The van der Waals surface area contributed by atoms with E-state index in [4.69, 9.17) is 5.73 Å². The summed E-state index contributed by atoms with van der Waals surface area (Å²) in [6.07, 6.45) is -4.54. The van der Waals surface area contributed by atoms with Crippen LogP contribution in [0.3, 0.4) is 0 Å². The van der Waals surface area contributed by atoms with Crippen LogP contribution in [0.25, 0.3) is 10.8 Å². The van der Waals surface area contributed by atoms with Gasteiger partial charge in [-0.25, -0.2) is 4.68 Å². The summed E-state index contributed by atoms with van der Waals surface area (Å²) in [5, 5.41) is 9.94. The molecule has 0 spiro atoms. The fourth-order valence-electron chi connectivity index (χ4n) is 3.23. The van der Waals surface area contributed by atoms with Crippen LogP contribution in [-0.4, -0.2) is 22.7 Å². The molecule has 3 aromatic rings. The zero-order valence-corrected chi connectivity index (χ0v) is 17.2. The van der Waals surface area contributed by atoms with E-state index >= 15 is 0 Å². The molecule has 2 aromatic carbocycles. The van der Waals surface area contributed by atoms with E-state index in [2.05, 4.69) is 15.7 Å². The molecule has 0 aliphatic heterocycles. The third-order valence-electron chi connectivity index (χ3n) is 4.76. The molecule has 0 unspecified atom stereocenters. The minimum absolute atomic E-state index is 0.0714. The second-order valence-corrected chi connectivity index (χ2v) is 7.36. The van der Waals surface area contributed by atoms with Crippen molar-refractivity contribution in [3.05, 3.63) is 58.0 Å². The second kappa shape index (κ2) is 8.29. The lowest BCUT2D eigenvalue weighted by molar-refractivity contribution is -0.137. The first-order valence-corrected chi connectivity index (χ1v) is 9.50. The van der Waals surface area contributed by atoms with Crippen molar-refractivity contribution in [1.82, 2.24) is 9.78 Å². The van der Waals surface area contributed by atoms with Crippen LogP contribution in [0, 0.1) is 0 Å². The number of aromatic nitrogens is 2. The van der Waals surface area contributed by atoms with Crippen molar-refractivity contribution in [1.29, 1.82) is 0 Å². The molecule has 0 aliphatic carbocycles. The third-order valence-corrected chi connectivity index (χ3v) is 4.76. The van der Waals surface area contributed by atoms with Gasteiger partial charge in [-0.15, -0.1) is 0 Å². The van der Waals surface area contributed by atoms with E-state index in [0.717, 1.165) is 22.9 Å². The second-order valence-electron chi connectivity index (χ2n) is 7.36. The van der Waals surface area contributed by atoms with Crippen LogP contribution in [0.2, 0.25) is 0 Å². The Kier molecular flexibility index (Phi) is 5.92. The smallest absolute Gasteiger partial charge is 0.397 e. The molecule has 0 saturated carbocycles. The SMILES string of the molecule is CNc1ccc(NC(=O)Cn2nc(C(C)C)c3cc(C(F)(F)F)ccc3c2=O)cc1N. The van der Waals surface area contributed by atoms with E-state index in [1.165, 1.54) is 0 Å². The van der Waals surface area contributed by atoms with Crippen LogP contribution in [0.1, 0.15) is 31.0 Å². The first-order valence-electron chi connectivity index (χ1n) is 9.50. The number of nitrogens with zero attached hydrogens (tertiary/aromatic N) is 2. The zero-order chi connectivity index (χ0) is 22.9. The average Bonchev–Trinajstić information content (AvgIpc) is 2.69.